The molecule has 0 fully saturated rings. The molecule has 0 spiro atoms. The van der Waals surface area contributed by atoms with Crippen LogP contribution in [0.5, 0.6) is 0 Å². The fourth-order valence-corrected chi connectivity index (χ4v) is 0.837. The molecular weight excluding hydrogens is 137 g/mol. The van der Waals surface area contributed by atoms with Gasteiger partial charge in [-0.15, -0.1) is 0 Å². The summed E-state index contributed by atoms with van der Waals surface area (Å²) in [4.78, 5) is 0. The Kier molecular flexibility index (Phi) is 6.65. The average Bonchev–Trinajstić information content (AvgIpc) is 1.91. The van der Waals surface area contributed by atoms with Crippen LogP contribution in [-0.2, 0) is 0 Å². The van der Waals surface area contributed by atoms with Crippen molar-refractivity contribution in [2.45, 2.75) is 18.9 Å². The number of hydrogen-bond donors (Lipinski definition) is 3. The molecule has 0 aliphatic heterocycles. The van der Waals surface area contributed by atoms with E-state index in [1.54, 1.807) is 0 Å². The Morgan fingerprint density at radius 2 is 2.11 bits per heavy atom. The van der Waals surface area contributed by atoms with E-state index in [-0.39, 0.29) is 19.3 Å². The van der Waals surface area contributed by atoms with Crippen molar-refractivity contribution >= 4 is 9.39 Å². The van der Waals surface area contributed by atoms with Gasteiger partial charge in [0.25, 0.3) is 0 Å². The third-order valence-corrected chi connectivity index (χ3v) is 1.64. The van der Waals surface area contributed by atoms with Crippen LogP contribution in [0.15, 0.2) is 0 Å². The minimum atomic E-state index is 0.113. The van der Waals surface area contributed by atoms with Crippen molar-refractivity contribution in [1.29, 1.82) is 0 Å². The molecule has 0 aromatic heterocycles. The van der Waals surface area contributed by atoms with Crippen molar-refractivity contribution in [2.75, 3.05) is 13.2 Å². The first-order valence-corrected chi connectivity index (χ1v) is 3.60. The summed E-state index contributed by atoms with van der Waals surface area (Å²) in [5.41, 5.74) is 0. The second kappa shape index (κ2) is 6.43. The van der Waals surface area contributed by atoms with Crippen LogP contribution in [0.2, 0.25) is 0 Å². The number of rotatable bonds is 5. The standard InChI is InChI=1S/C5H14NO2P/c7-3-1-2-5(4-8)6-9/h5-8H,1-4,9H2/t5-/m0/s1. The highest BCUT2D eigenvalue weighted by Gasteiger charge is 2.01. The summed E-state index contributed by atoms with van der Waals surface area (Å²) in [5.74, 6) is 0. The van der Waals surface area contributed by atoms with Gasteiger partial charge in [0.1, 0.15) is 0 Å². The van der Waals surface area contributed by atoms with E-state index in [2.05, 4.69) is 14.5 Å². The lowest BCUT2D eigenvalue weighted by Crippen LogP contribution is -2.24. The minimum Gasteiger partial charge on any atom is -0.396 e. The first kappa shape index (κ1) is 9.31. The Morgan fingerprint density at radius 3 is 2.44 bits per heavy atom. The van der Waals surface area contributed by atoms with E-state index in [0.29, 0.717) is 0 Å². The van der Waals surface area contributed by atoms with Crippen LogP contribution < -0.4 is 5.09 Å². The third kappa shape index (κ3) is 4.79. The molecule has 56 valence electrons. The van der Waals surface area contributed by atoms with Gasteiger partial charge < -0.3 is 10.2 Å². The molecule has 0 aliphatic rings. The summed E-state index contributed by atoms with van der Waals surface area (Å²) < 4.78 is 0. The van der Waals surface area contributed by atoms with Crippen molar-refractivity contribution in [3.8, 4) is 0 Å². The monoisotopic (exact) mass is 151 g/mol. The molecule has 0 aromatic rings. The van der Waals surface area contributed by atoms with E-state index in [1.807, 2.05) is 0 Å². The largest absolute Gasteiger partial charge is 0.396 e. The highest BCUT2D eigenvalue weighted by atomic mass is 31.0. The van der Waals surface area contributed by atoms with Crippen LogP contribution >= 0.6 is 9.39 Å². The molecule has 0 aromatic carbocycles. The second-order valence-electron chi connectivity index (χ2n) is 1.91. The van der Waals surface area contributed by atoms with Crippen molar-refractivity contribution < 1.29 is 10.2 Å². The van der Waals surface area contributed by atoms with E-state index in [0.717, 1.165) is 12.8 Å². The lowest BCUT2D eigenvalue weighted by atomic mass is 10.2. The van der Waals surface area contributed by atoms with E-state index in [9.17, 15) is 0 Å². The SMILES string of the molecule is OCCC[C@@H](CO)NP. The zero-order chi connectivity index (χ0) is 7.11. The first-order valence-electron chi connectivity index (χ1n) is 3.03. The van der Waals surface area contributed by atoms with Crippen molar-refractivity contribution in [3.63, 3.8) is 0 Å². The van der Waals surface area contributed by atoms with Gasteiger partial charge in [-0.05, 0) is 12.8 Å². The maximum absolute atomic E-state index is 8.60. The van der Waals surface area contributed by atoms with Crippen molar-refractivity contribution in [2.24, 2.45) is 0 Å². The molecule has 2 atom stereocenters. The number of nitrogens with one attached hydrogen (secondary N) is 1. The van der Waals surface area contributed by atoms with E-state index in [1.165, 1.54) is 0 Å². The van der Waals surface area contributed by atoms with Crippen LogP contribution in [-0.4, -0.2) is 29.5 Å². The summed E-state index contributed by atoms with van der Waals surface area (Å²) in [5, 5.41) is 19.8. The lowest BCUT2D eigenvalue weighted by molar-refractivity contribution is 0.232. The summed E-state index contributed by atoms with van der Waals surface area (Å²) in [6.45, 7) is 0.326. The van der Waals surface area contributed by atoms with Gasteiger partial charge in [0.05, 0.1) is 6.61 Å². The Balaban J connectivity index is 3.09. The smallest absolute Gasteiger partial charge is 0.0587 e. The van der Waals surface area contributed by atoms with Crippen molar-refractivity contribution in [1.82, 2.24) is 5.09 Å². The van der Waals surface area contributed by atoms with E-state index in [4.69, 9.17) is 10.2 Å². The van der Waals surface area contributed by atoms with E-state index >= 15 is 0 Å². The Labute approximate surface area is 57.7 Å². The molecule has 0 rings (SSSR count). The maximum atomic E-state index is 8.60. The second-order valence-corrected chi connectivity index (χ2v) is 2.25. The Bertz CT molecular complexity index is 58.9. The van der Waals surface area contributed by atoms with E-state index < -0.39 is 0 Å². The highest BCUT2D eigenvalue weighted by molar-refractivity contribution is 7.13. The average molecular weight is 151 g/mol. The molecule has 0 saturated heterocycles. The fraction of sp³-hybridized carbons (Fsp3) is 1.00. The van der Waals surface area contributed by atoms with Crippen LogP contribution in [0.1, 0.15) is 12.8 Å². The molecule has 0 saturated carbocycles. The van der Waals surface area contributed by atoms with Gasteiger partial charge in [-0.25, -0.2) is 0 Å². The van der Waals surface area contributed by atoms with Gasteiger partial charge in [-0.3, -0.25) is 5.09 Å². The summed E-state index contributed by atoms with van der Waals surface area (Å²) in [7, 11) is 2.34. The number of hydrogen-bond acceptors (Lipinski definition) is 3. The highest BCUT2D eigenvalue weighted by Crippen LogP contribution is 1.96. The number of aliphatic hydroxyl groups excluding tert-OH is 2. The molecule has 0 bridgehead atoms. The molecule has 0 aliphatic carbocycles. The fourth-order valence-electron chi connectivity index (χ4n) is 0.565. The lowest BCUT2D eigenvalue weighted by Gasteiger charge is -2.10. The number of aliphatic hydroxyl groups is 2. The topological polar surface area (TPSA) is 52.5 Å². The van der Waals surface area contributed by atoms with Crippen molar-refractivity contribution in [3.05, 3.63) is 0 Å². The summed E-state index contributed by atoms with van der Waals surface area (Å²) in [6.07, 6.45) is 1.56. The molecule has 4 heteroatoms. The predicted molar refractivity (Wildman–Crippen MR) is 40.0 cm³/mol. The van der Waals surface area contributed by atoms with Crippen LogP contribution in [0, 0.1) is 0 Å². The summed E-state index contributed by atoms with van der Waals surface area (Å²) >= 11 is 0. The molecule has 0 heterocycles. The van der Waals surface area contributed by atoms with Gasteiger partial charge in [0.15, 0.2) is 0 Å². The zero-order valence-electron chi connectivity index (χ0n) is 5.38. The molecule has 3 N–H and O–H groups in total. The zero-order valence-corrected chi connectivity index (χ0v) is 6.53. The normalized spacial score (nSPS) is 13.7. The molecule has 0 amide bonds. The molecule has 1 unspecified atom stereocenters. The predicted octanol–water partition coefficient (Wildman–Crippen LogP) is -0.500. The Hall–Kier alpha value is 0.310. The quantitative estimate of drug-likeness (QED) is 0.464. The van der Waals surface area contributed by atoms with Gasteiger partial charge in [0.2, 0.25) is 0 Å². The Morgan fingerprint density at radius 1 is 1.44 bits per heavy atom. The van der Waals surface area contributed by atoms with Gasteiger partial charge in [-0.1, -0.05) is 9.39 Å². The maximum Gasteiger partial charge on any atom is 0.0587 e. The molecule has 9 heavy (non-hydrogen) atoms. The van der Waals surface area contributed by atoms with Gasteiger partial charge in [0, 0.05) is 12.6 Å². The minimum absolute atomic E-state index is 0.113. The van der Waals surface area contributed by atoms with Gasteiger partial charge in [-0.2, -0.15) is 0 Å². The van der Waals surface area contributed by atoms with Gasteiger partial charge >= 0.3 is 0 Å². The molecular formula is C5H14NO2P. The molecule has 0 radical (unpaired) electrons. The summed E-state index contributed by atoms with van der Waals surface area (Å²) in [6, 6.07) is 0.113. The van der Waals surface area contributed by atoms with Crippen LogP contribution in [0.3, 0.4) is 0 Å². The van der Waals surface area contributed by atoms with Crippen LogP contribution in [0.4, 0.5) is 0 Å². The third-order valence-electron chi connectivity index (χ3n) is 1.17. The van der Waals surface area contributed by atoms with Crippen LogP contribution in [0.25, 0.3) is 0 Å². The first-order chi connectivity index (χ1) is 4.35. The molecule has 3 nitrogen and oxygen atoms in total.